The number of halogens is 2. The topological polar surface area (TPSA) is 81.5 Å². The number of hydrogen-bond donors (Lipinski definition) is 0. The summed E-state index contributed by atoms with van der Waals surface area (Å²) >= 11 is 13.3. The van der Waals surface area contributed by atoms with Crippen molar-refractivity contribution in [3.05, 3.63) is 52.0 Å². The van der Waals surface area contributed by atoms with E-state index in [1.807, 2.05) is 6.07 Å². The van der Waals surface area contributed by atoms with Gasteiger partial charge in [0.25, 0.3) is 0 Å². The maximum Gasteiger partial charge on any atom is 0.244 e. The van der Waals surface area contributed by atoms with Gasteiger partial charge in [-0.05, 0) is 36.4 Å². The Morgan fingerprint density at radius 1 is 1.07 bits per heavy atom. The Morgan fingerprint density at radius 3 is 2.24 bits per heavy atom. The molecule has 1 amide bonds. The highest BCUT2D eigenvalue weighted by Gasteiger charge is 2.31. The first-order chi connectivity index (χ1) is 13.7. The molecule has 0 unspecified atom stereocenters. The number of sulfonamides is 1. The van der Waals surface area contributed by atoms with Gasteiger partial charge in [0.15, 0.2) is 0 Å². The van der Waals surface area contributed by atoms with Gasteiger partial charge in [0.1, 0.15) is 0 Å². The molecule has 2 aromatic rings. The van der Waals surface area contributed by atoms with Crippen molar-refractivity contribution < 1.29 is 13.2 Å². The van der Waals surface area contributed by atoms with E-state index in [-0.39, 0.29) is 29.5 Å². The molecule has 1 fully saturated rings. The number of carbonyl (C=O) groups excluding carboxylic acids is 1. The van der Waals surface area contributed by atoms with Crippen LogP contribution < -0.4 is 0 Å². The number of amides is 1. The van der Waals surface area contributed by atoms with Crippen molar-refractivity contribution in [1.29, 1.82) is 5.26 Å². The summed E-state index contributed by atoms with van der Waals surface area (Å²) in [4.78, 5) is 14.3. The third-order valence-electron chi connectivity index (χ3n) is 4.44. The summed E-state index contributed by atoms with van der Waals surface area (Å²) in [7, 11) is -3.86. The van der Waals surface area contributed by atoms with Crippen molar-refractivity contribution in [3.63, 3.8) is 0 Å². The number of carbonyl (C=O) groups is 1. The Labute approximate surface area is 184 Å². The van der Waals surface area contributed by atoms with Crippen molar-refractivity contribution in [2.24, 2.45) is 0 Å². The zero-order valence-corrected chi connectivity index (χ0v) is 18.6. The van der Waals surface area contributed by atoms with Gasteiger partial charge in [-0.2, -0.15) is 9.57 Å². The maximum absolute atomic E-state index is 13.3. The predicted molar refractivity (Wildman–Crippen MR) is 113 cm³/mol. The Balaban J connectivity index is 1.97. The lowest BCUT2D eigenvalue weighted by Gasteiger charge is -2.33. The van der Waals surface area contributed by atoms with E-state index in [1.165, 1.54) is 29.1 Å². The third kappa shape index (κ3) is 5.05. The number of piperazine rings is 1. The normalized spacial score (nSPS) is 15.2. The molecule has 1 aliphatic heterocycles. The van der Waals surface area contributed by atoms with Gasteiger partial charge in [-0.15, -0.1) is 0 Å². The number of rotatable bonds is 4. The van der Waals surface area contributed by atoms with E-state index < -0.39 is 10.0 Å². The molecular formula is C19H17Cl2N3O3S2. The third-order valence-corrected chi connectivity index (χ3v) is 7.99. The molecule has 2 aromatic carbocycles. The highest BCUT2D eigenvalue weighted by Crippen LogP contribution is 2.37. The lowest BCUT2D eigenvalue weighted by atomic mass is 10.2. The average molecular weight is 470 g/mol. The smallest absolute Gasteiger partial charge is 0.244 e. The van der Waals surface area contributed by atoms with E-state index in [9.17, 15) is 18.5 Å². The van der Waals surface area contributed by atoms with Crippen LogP contribution in [0.3, 0.4) is 0 Å². The van der Waals surface area contributed by atoms with Crippen LogP contribution in [-0.4, -0.2) is 49.7 Å². The quantitative estimate of drug-likeness (QED) is 0.678. The highest BCUT2D eigenvalue weighted by molar-refractivity contribution is 8.00. The summed E-state index contributed by atoms with van der Waals surface area (Å²) in [5, 5.41) is 10.1. The van der Waals surface area contributed by atoms with Crippen molar-refractivity contribution >= 4 is 50.9 Å². The average Bonchev–Trinajstić information content (AvgIpc) is 2.67. The van der Waals surface area contributed by atoms with Crippen molar-refractivity contribution in [1.82, 2.24) is 9.21 Å². The molecule has 0 aromatic heterocycles. The maximum atomic E-state index is 13.3. The number of benzene rings is 2. The zero-order valence-electron chi connectivity index (χ0n) is 15.4. The summed E-state index contributed by atoms with van der Waals surface area (Å²) in [5.41, 5.74) is 0.249. The largest absolute Gasteiger partial charge is 0.340 e. The minimum Gasteiger partial charge on any atom is -0.340 e. The first-order valence-corrected chi connectivity index (χ1v) is 11.7. The lowest BCUT2D eigenvalue weighted by molar-refractivity contribution is -0.129. The predicted octanol–water partition coefficient (Wildman–Crippen LogP) is 3.87. The van der Waals surface area contributed by atoms with Crippen molar-refractivity contribution in [3.8, 4) is 6.07 Å². The fourth-order valence-electron chi connectivity index (χ4n) is 2.96. The van der Waals surface area contributed by atoms with Gasteiger partial charge in [0.2, 0.25) is 15.9 Å². The van der Waals surface area contributed by atoms with Crippen LogP contribution in [0.25, 0.3) is 0 Å². The van der Waals surface area contributed by atoms with Crippen LogP contribution in [0.15, 0.2) is 51.1 Å². The van der Waals surface area contributed by atoms with Crippen LogP contribution in [0.1, 0.15) is 12.5 Å². The molecule has 1 aliphatic rings. The first kappa shape index (κ1) is 21.9. The van der Waals surface area contributed by atoms with Gasteiger partial charge in [0.05, 0.1) is 16.5 Å². The van der Waals surface area contributed by atoms with E-state index in [0.29, 0.717) is 32.9 Å². The zero-order chi connectivity index (χ0) is 21.2. The molecule has 6 nitrogen and oxygen atoms in total. The standard InChI is InChI=1S/C19H17Cl2N3O3S2/c1-13(25)23-4-6-24(7-5-23)29(26,27)19-8-14(12-22)2-3-18(19)28-17-10-15(20)9-16(21)11-17/h2-3,8-11H,4-7H2,1H3. The molecule has 1 saturated heterocycles. The Kier molecular flexibility index (Phi) is 6.76. The Bertz CT molecular complexity index is 1070. The molecule has 152 valence electrons. The molecule has 0 atom stereocenters. The second-order valence-corrected chi connectivity index (χ2v) is 10.3. The summed E-state index contributed by atoms with van der Waals surface area (Å²) in [6, 6.07) is 11.5. The SMILES string of the molecule is CC(=O)N1CCN(S(=O)(=O)c2cc(C#N)ccc2Sc2cc(Cl)cc(Cl)c2)CC1. The minimum atomic E-state index is -3.86. The van der Waals surface area contributed by atoms with Gasteiger partial charge in [0, 0.05) is 52.9 Å². The van der Waals surface area contributed by atoms with Crippen LogP contribution >= 0.6 is 35.0 Å². The number of hydrogen-bond acceptors (Lipinski definition) is 5. The molecule has 0 radical (unpaired) electrons. The number of nitriles is 1. The molecule has 0 bridgehead atoms. The second kappa shape index (κ2) is 8.94. The van der Waals surface area contributed by atoms with Crippen LogP contribution in [-0.2, 0) is 14.8 Å². The molecular weight excluding hydrogens is 453 g/mol. The summed E-state index contributed by atoms with van der Waals surface area (Å²) in [5.74, 6) is -0.0809. The summed E-state index contributed by atoms with van der Waals surface area (Å²) < 4.78 is 28.0. The second-order valence-electron chi connectivity index (χ2n) is 6.39. The Hall–Kier alpha value is -1.76. The van der Waals surface area contributed by atoms with Gasteiger partial charge < -0.3 is 4.90 Å². The van der Waals surface area contributed by atoms with Crippen LogP contribution in [0.5, 0.6) is 0 Å². The summed E-state index contributed by atoms with van der Waals surface area (Å²) in [6.45, 7) is 2.53. The summed E-state index contributed by atoms with van der Waals surface area (Å²) in [6.07, 6.45) is 0. The van der Waals surface area contributed by atoms with Crippen LogP contribution in [0.4, 0.5) is 0 Å². The first-order valence-electron chi connectivity index (χ1n) is 8.64. The van der Waals surface area contributed by atoms with Gasteiger partial charge in [-0.3, -0.25) is 4.79 Å². The molecule has 3 rings (SSSR count). The monoisotopic (exact) mass is 469 g/mol. The van der Waals surface area contributed by atoms with E-state index in [2.05, 4.69) is 0 Å². The molecule has 29 heavy (non-hydrogen) atoms. The van der Waals surface area contributed by atoms with Crippen LogP contribution in [0.2, 0.25) is 10.0 Å². The van der Waals surface area contributed by atoms with E-state index in [4.69, 9.17) is 23.2 Å². The van der Waals surface area contributed by atoms with Gasteiger partial charge in [-0.1, -0.05) is 35.0 Å². The lowest BCUT2D eigenvalue weighted by Crippen LogP contribution is -2.50. The molecule has 1 heterocycles. The van der Waals surface area contributed by atoms with E-state index >= 15 is 0 Å². The van der Waals surface area contributed by atoms with Crippen molar-refractivity contribution in [2.45, 2.75) is 21.6 Å². The van der Waals surface area contributed by atoms with Gasteiger partial charge in [-0.25, -0.2) is 8.42 Å². The molecule has 0 aliphatic carbocycles. The fraction of sp³-hybridized carbons (Fsp3) is 0.263. The molecule has 0 N–H and O–H groups in total. The van der Waals surface area contributed by atoms with Gasteiger partial charge >= 0.3 is 0 Å². The molecule has 0 spiro atoms. The fourth-order valence-corrected chi connectivity index (χ4v) is 6.50. The van der Waals surface area contributed by atoms with E-state index in [0.717, 1.165) is 0 Å². The van der Waals surface area contributed by atoms with E-state index in [1.54, 1.807) is 35.2 Å². The minimum absolute atomic E-state index is 0.0499. The highest BCUT2D eigenvalue weighted by atomic mass is 35.5. The molecule has 0 saturated carbocycles. The Morgan fingerprint density at radius 2 is 1.69 bits per heavy atom. The molecule has 10 heteroatoms. The van der Waals surface area contributed by atoms with Crippen molar-refractivity contribution in [2.75, 3.05) is 26.2 Å². The van der Waals surface area contributed by atoms with Crippen LogP contribution in [0, 0.1) is 11.3 Å². The number of nitrogens with zero attached hydrogens (tertiary/aromatic N) is 3.